The molecule has 1 aliphatic heterocycles. The molecule has 0 radical (unpaired) electrons. The van der Waals surface area contributed by atoms with Crippen molar-refractivity contribution in [2.45, 2.75) is 57.5 Å². The van der Waals surface area contributed by atoms with Gasteiger partial charge in [0.15, 0.2) is 0 Å². The molecule has 0 aromatic carbocycles. The molecule has 0 amide bonds. The van der Waals surface area contributed by atoms with Gasteiger partial charge in [-0.1, -0.05) is 11.6 Å². The van der Waals surface area contributed by atoms with Crippen LogP contribution in [0.15, 0.2) is 0 Å². The molecule has 112 valence electrons. The van der Waals surface area contributed by atoms with Gasteiger partial charge in [0, 0.05) is 17.9 Å². The van der Waals surface area contributed by atoms with Gasteiger partial charge in [-0.3, -0.25) is 0 Å². The van der Waals surface area contributed by atoms with Gasteiger partial charge in [-0.25, -0.2) is 9.97 Å². The Balaban J connectivity index is 1.68. The minimum absolute atomic E-state index is 0.266. The van der Waals surface area contributed by atoms with E-state index in [0.29, 0.717) is 5.15 Å². The Labute approximate surface area is 133 Å². The van der Waals surface area contributed by atoms with Gasteiger partial charge in [0.05, 0.1) is 11.5 Å². The Hall–Kier alpha value is -0.710. The molecule has 5 heteroatoms. The van der Waals surface area contributed by atoms with Crippen LogP contribution >= 0.6 is 22.9 Å². The minimum atomic E-state index is 0.266. The van der Waals surface area contributed by atoms with Crippen molar-refractivity contribution in [1.82, 2.24) is 9.97 Å². The third-order valence-electron chi connectivity index (χ3n) is 4.50. The average molecular weight is 323 g/mol. The Morgan fingerprint density at radius 1 is 1.14 bits per heavy atom. The first-order chi connectivity index (χ1) is 10.3. The topological polar surface area (TPSA) is 35.0 Å². The summed E-state index contributed by atoms with van der Waals surface area (Å²) in [7, 11) is 0. The maximum atomic E-state index is 6.47. The molecule has 2 aromatic heterocycles. The van der Waals surface area contributed by atoms with Gasteiger partial charge in [-0.05, 0) is 50.5 Å². The van der Waals surface area contributed by atoms with Gasteiger partial charge in [-0.2, -0.15) is 0 Å². The summed E-state index contributed by atoms with van der Waals surface area (Å²) in [4.78, 5) is 11.9. The number of rotatable bonds is 2. The van der Waals surface area contributed by atoms with Gasteiger partial charge >= 0.3 is 0 Å². The van der Waals surface area contributed by atoms with E-state index in [9.17, 15) is 0 Å². The highest BCUT2D eigenvalue weighted by atomic mass is 35.5. The zero-order valence-electron chi connectivity index (χ0n) is 12.0. The summed E-state index contributed by atoms with van der Waals surface area (Å²) >= 11 is 8.29. The van der Waals surface area contributed by atoms with Gasteiger partial charge in [0.1, 0.15) is 15.8 Å². The molecule has 0 saturated carbocycles. The fourth-order valence-electron chi connectivity index (χ4n) is 3.42. The molecule has 1 unspecified atom stereocenters. The van der Waals surface area contributed by atoms with Crippen LogP contribution in [0.1, 0.15) is 48.4 Å². The van der Waals surface area contributed by atoms with Gasteiger partial charge < -0.3 is 4.74 Å². The zero-order chi connectivity index (χ0) is 14.2. The number of nitrogens with zero attached hydrogens (tertiary/aromatic N) is 2. The summed E-state index contributed by atoms with van der Waals surface area (Å²) in [6, 6.07) is 0. The molecule has 1 aliphatic carbocycles. The van der Waals surface area contributed by atoms with Crippen LogP contribution in [-0.4, -0.2) is 22.7 Å². The first-order valence-corrected chi connectivity index (χ1v) is 9.09. The molecular formula is C16H19ClN2OS. The minimum Gasteiger partial charge on any atom is -0.378 e. The first-order valence-electron chi connectivity index (χ1n) is 7.89. The third-order valence-corrected chi connectivity index (χ3v) is 5.96. The number of fused-ring (bicyclic) bond motifs is 3. The molecule has 1 fully saturated rings. The highest BCUT2D eigenvalue weighted by Gasteiger charge is 2.22. The van der Waals surface area contributed by atoms with E-state index in [0.717, 1.165) is 41.9 Å². The van der Waals surface area contributed by atoms with E-state index in [2.05, 4.69) is 4.98 Å². The van der Waals surface area contributed by atoms with Crippen molar-refractivity contribution in [2.24, 2.45) is 0 Å². The summed E-state index contributed by atoms with van der Waals surface area (Å²) in [5, 5.41) is 1.76. The summed E-state index contributed by atoms with van der Waals surface area (Å²) in [5.74, 6) is 0.845. The average Bonchev–Trinajstić information content (AvgIpc) is 2.87. The van der Waals surface area contributed by atoms with E-state index in [-0.39, 0.29) is 6.10 Å². The van der Waals surface area contributed by atoms with Crippen molar-refractivity contribution in [3.05, 3.63) is 21.4 Å². The molecule has 3 heterocycles. The lowest BCUT2D eigenvalue weighted by Gasteiger charge is -2.21. The van der Waals surface area contributed by atoms with Crippen LogP contribution in [0.25, 0.3) is 10.2 Å². The summed E-state index contributed by atoms with van der Waals surface area (Å²) < 4.78 is 5.80. The van der Waals surface area contributed by atoms with E-state index in [1.807, 2.05) is 11.3 Å². The van der Waals surface area contributed by atoms with Crippen molar-refractivity contribution in [1.29, 1.82) is 0 Å². The molecule has 0 spiro atoms. The Morgan fingerprint density at radius 2 is 2.05 bits per heavy atom. The Morgan fingerprint density at radius 3 is 2.90 bits per heavy atom. The molecule has 2 aliphatic rings. The molecule has 1 atom stereocenters. The highest BCUT2D eigenvalue weighted by molar-refractivity contribution is 7.19. The smallest absolute Gasteiger partial charge is 0.141 e. The van der Waals surface area contributed by atoms with Crippen LogP contribution in [-0.2, 0) is 24.0 Å². The van der Waals surface area contributed by atoms with Crippen molar-refractivity contribution in [3.63, 3.8) is 0 Å². The molecule has 3 nitrogen and oxygen atoms in total. The summed E-state index contributed by atoms with van der Waals surface area (Å²) in [5.41, 5.74) is 1.41. The van der Waals surface area contributed by atoms with E-state index in [4.69, 9.17) is 21.3 Å². The lowest BCUT2D eigenvalue weighted by molar-refractivity contribution is 0.0157. The summed E-state index contributed by atoms with van der Waals surface area (Å²) in [6.07, 6.45) is 9.43. The second-order valence-corrected chi connectivity index (χ2v) is 7.46. The fraction of sp³-hybridized carbons (Fsp3) is 0.625. The number of aryl methyl sites for hydroxylation is 2. The number of thiophene rings is 1. The Kier molecular flexibility index (Phi) is 3.86. The second-order valence-electron chi connectivity index (χ2n) is 6.01. The number of hydrogen-bond acceptors (Lipinski definition) is 4. The van der Waals surface area contributed by atoms with E-state index in [1.54, 1.807) is 0 Å². The van der Waals surface area contributed by atoms with Gasteiger partial charge in [0.25, 0.3) is 0 Å². The van der Waals surface area contributed by atoms with E-state index < -0.39 is 0 Å². The first kappa shape index (κ1) is 13.9. The number of aromatic nitrogens is 2. The molecule has 0 N–H and O–H groups in total. The molecule has 0 bridgehead atoms. The Bertz CT molecular complexity index is 664. The van der Waals surface area contributed by atoms with Crippen molar-refractivity contribution in [3.8, 4) is 0 Å². The highest BCUT2D eigenvalue weighted by Crippen LogP contribution is 2.38. The largest absolute Gasteiger partial charge is 0.378 e. The molecule has 4 rings (SSSR count). The van der Waals surface area contributed by atoms with Crippen molar-refractivity contribution in [2.75, 3.05) is 6.61 Å². The van der Waals surface area contributed by atoms with Crippen molar-refractivity contribution < 1.29 is 4.74 Å². The molecule has 21 heavy (non-hydrogen) atoms. The van der Waals surface area contributed by atoms with Crippen molar-refractivity contribution >= 4 is 33.2 Å². The van der Waals surface area contributed by atoms with Crippen LogP contribution in [0.4, 0.5) is 0 Å². The second kappa shape index (κ2) is 5.82. The SMILES string of the molecule is Clc1nc(CC2CCCCO2)nc2sc3c(c12)CCCC3. The number of hydrogen-bond donors (Lipinski definition) is 0. The molecule has 1 saturated heterocycles. The third kappa shape index (κ3) is 2.69. The van der Waals surface area contributed by atoms with E-state index in [1.165, 1.54) is 42.5 Å². The lowest BCUT2D eigenvalue weighted by Crippen LogP contribution is -2.22. The standard InChI is InChI=1S/C16H19ClN2OS/c17-15-14-11-6-1-2-7-12(11)21-16(14)19-13(18-15)9-10-5-3-4-8-20-10/h10H,1-9H2. The number of ether oxygens (including phenoxy) is 1. The number of halogens is 1. The molecular weight excluding hydrogens is 304 g/mol. The van der Waals surface area contributed by atoms with Crippen LogP contribution in [0.3, 0.4) is 0 Å². The normalized spacial score (nSPS) is 22.4. The maximum Gasteiger partial charge on any atom is 0.141 e. The fourth-order valence-corrected chi connectivity index (χ4v) is 5.05. The monoisotopic (exact) mass is 322 g/mol. The predicted molar refractivity (Wildman–Crippen MR) is 86.4 cm³/mol. The van der Waals surface area contributed by atoms with Gasteiger partial charge in [-0.15, -0.1) is 11.3 Å². The van der Waals surface area contributed by atoms with Crippen LogP contribution in [0.2, 0.25) is 5.15 Å². The zero-order valence-corrected chi connectivity index (χ0v) is 13.6. The maximum absolute atomic E-state index is 6.47. The van der Waals surface area contributed by atoms with Crippen LogP contribution in [0.5, 0.6) is 0 Å². The lowest BCUT2D eigenvalue weighted by atomic mass is 9.97. The van der Waals surface area contributed by atoms with Crippen LogP contribution in [0, 0.1) is 0 Å². The van der Waals surface area contributed by atoms with E-state index >= 15 is 0 Å². The van der Waals surface area contributed by atoms with Gasteiger partial charge in [0.2, 0.25) is 0 Å². The molecule has 2 aromatic rings. The summed E-state index contributed by atoms with van der Waals surface area (Å²) in [6.45, 7) is 0.869. The predicted octanol–water partition coefficient (Wildman–Crippen LogP) is 4.34. The van der Waals surface area contributed by atoms with Crippen LogP contribution < -0.4 is 0 Å². The quantitative estimate of drug-likeness (QED) is 0.772.